The lowest BCUT2D eigenvalue weighted by atomic mass is 10.0. The van der Waals surface area contributed by atoms with Crippen molar-refractivity contribution < 1.29 is 9.47 Å². The maximum atomic E-state index is 6.04. The third-order valence-corrected chi connectivity index (χ3v) is 5.03. The van der Waals surface area contributed by atoms with Gasteiger partial charge in [0.05, 0.1) is 18.9 Å². The minimum Gasteiger partial charge on any atom is -0.494 e. The molecule has 4 aromatic rings. The Bertz CT molecular complexity index is 992. The van der Waals surface area contributed by atoms with Crippen molar-refractivity contribution >= 4 is 0 Å². The number of nitrogens with zero attached hydrogens (tertiary/aromatic N) is 1. The second-order valence-electron chi connectivity index (χ2n) is 7.38. The summed E-state index contributed by atoms with van der Waals surface area (Å²) in [5.41, 5.74) is 4.28. The fourth-order valence-electron chi connectivity index (χ4n) is 3.40. The highest BCUT2D eigenvalue weighted by Gasteiger charge is 2.08. The second-order valence-corrected chi connectivity index (χ2v) is 7.38. The summed E-state index contributed by atoms with van der Waals surface area (Å²) in [4.78, 5) is 4.76. The van der Waals surface area contributed by atoms with Crippen molar-refractivity contribution in [2.45, 2.75) is 19.3 Å². The molecular weight excluding hydrogens is 382 g/mol. The molecule has 0 radical (unpaired) electrons. The quantitative estimate of drug-likeness (QED) is 0.263. The monoisotopic (exact) mass is 409 g/mol. The zero-order valence-electron chi connectivity index (χ0n) is 17.6. The van der Waals surface area contributed by atoms with E-state index >= 15 is 0 Å². The lowest BCUT2D eigenvalue weighted by molar-refractivity contribution is 0.274. The highest BCUT2D eigenvalue weighted by molar-refractivity contribution is 5.71. The third kappa shape index (κ3) is 6.19. The Morgan fingerprint density at radius 2 is 1.10 bits per heavy atom. The second kappa shape index (κ2) is 11.0. The van der Waals surface area contributed by atoms with E-state index in [9.17, 15) is 0 Å². The summed E-state index contributed by atoms with van der Waals surface area (Å²) in [5, 5.41) is 0. The van der Waals surface area contributed by atoms with Crippen LogP contribution < -0.4 is 9.47 Å². The van der Waals surface area contributed by atoms with Gasteiger partial charge in [0, 0.05) is 11.6 Å². The van der Waals surface area contributed by atoms with Crippen molar-refractivity contribution in [3.8, 4) is 34.0 Å². The van der Waals surface area contributed by atoms with Crippen molar-refractivity contribution in [3.63, 3.8) is 0 Å². The van der Waals surface area contributed by atoms with Crippen LogP contribution in [0.5, 0.6) is 11.6 Å². The molecule has 0 spiro atoms. The fraction of sp³-hybridized carbons (Fsp3) is 0.179. The zero-order valence-corrected chi connectivity index (χ0v) is 17.6. The molecule has 3 aromatic carbocycles. The number of hydrogen-bond acceptors (Lipinski definition) is 3. The summed E-state index contributed by atoms with van der Waals surface area (Å²) in [6, 6.07) is 34.7. The molecular formula is C28H27NO2. The van der Waals surface area contributed by atoms with Gasteiger partial charge in [-0.2, -0.15) is 0 Å². The Morgan fingerprint density at radius 1 is 0.516 bits per heavy atom. The van der Waals surface area contributed by atoms with Crippen LogP contribution >= 0.6 is 0 Å². The number of hydrogen-bond donors (Lipinski definition) is 0. The molecule has 1 aromatic heterocycles. The van der Waals surface area contributed by atoms with Crippen LogP contribution in [0.1, 0.15) is 19.3 Å². The first kappa shape index (κ1) is 20.7. The molecule has 3 heteroatoms. The SMILES string of the molecule is c1ccc(OCCCCCOc2cc(-c3ccccc3)cc(-c3ccccc3)n2)cc1. The van der Waals surface area contributed by atoms with Crippen molar-refractivity contribution in [3.05, 3.63) is 103 Å². The average molecular weight is 410 g/mol. The van der Waals surface area contributed by atoms with Crippen LogP contribution in [0.25, 0.3) is 22.4 Å². The summed E-state index contributed by atoms with van der Waals surface area (Å²) in [6.07, 6.45) is 3.03. The number of aromatic nitrogens is 1. The van der Waals surface area contributed by atoms with Crippen LogP contribution in [-0.4, -0.2) is 18.2 Å². The molecule has 0 aliphatic heterocycles. The molecule has 0 N–H and O–H groups in total. The van der Waals surface area contributed by atoms with Crippen molar-refractivity contribution in [2.75, 3.05) is 13.2 Å². The Kier molecular flexibility index (Phi) is 7.32. The molecule has 0 fully saturated rings. The average Bonchev–Trinajstić information content (AvgIpc) is 2.85. The highest BCUT2D eigenvalue weighted by Crippen LogP contribution is 2.28. The van der Waals surface area contributed by atoms with E-state index in [-0.39, 0.29) is 0 Å². The Morgan fingerprint density at radius 3 is 1.77 bits per heavy atom. The summed E-state index contributed by atoms with van der Waals surface area (Å²) in [7, 11) is 0. The van der Waals surface area contributed by atoms with E-state index in [1.54, 1.807) is 0 Å². The van der Waals surface area contributed by atoms with E-state index in [0.717, 1.165) is 54.0 Å². The molecule has 0 amide bonds. The molecule has 0 unspecified atom stereocenters. The number of unbranched alkanes of at least 4 members (excludes halogenated alkanes) is 2. The smallest absolute Gasteiger partial charge is 0.214 e. The standard InChI is InChI=1S/C28H27NO2/c1-5-13-23(14-6-1)25-21-27(24-15-7-2-8-16-24)29-28(22-25)31-20-12-4-11-19-30-26-17-9-3-10-18-26/h1-3,5-10,13-18,21-22H,4,11-12,19-20H2. The number of pyridine rings is 1. The fourth-order valence-corrected chi connectivity index (χ4v) is 3.40. The van der Waals surface area contributed by atoms with Gasteiger partial charge in [0.1, 0.15) is 5.75 Å². The van der Waals surface area contributed by atoms with Gasteiger partial charge in [0.25, 0.3) is 0 Å². The van der Waals surface area contributed by atoms with Gasteiger partial charge in [-0.05, 0) is 48.6 Å². The predicted molar refractivity (Wildman–Crippen MR) is 126 cm³/mol. The van der Waals surface area contributed by atoms with Crippen LogP contribution in [0.4, 0.5) is 0 Å². The normalized spacial score (nSPS) is 10.6. The molecule has 0 bridgehead atoms. The van der Waals surface area contributed by atoms with E-state index in [0.29, 0.717) is 12.5 Å². The first-order valence-corrected chi connectivity index (χ1v) is 10.8. The molecule has 0 atom stereocenters. The molecule has 3 nitrogen and oxygen atoms in total. The Labute approximate surface area is 184 Å². The van der Waals surface area contributed by atoms with Gasteiger partial charge in [-0.1, -0.05) is 78.9 Å². The van der Waals surface area contributed by atoms with Crippen LogP contribution in [-0.2, 0) is 0 Å². The van der Waals surface area contributed by atoms with E-state index < -0.39 is 0 Å². The van der Waals surface area contributed by atoms with Crippen LogP contribution in [0, 0.1) is 0 Å². The first-order valence-electron chi connectivity index (χ1n) is 10.8. The number of ether oxygens (including phenoxy) is 2. The van der Waals surface area contributed by atoms with E-state index in [2.05, 4.69) is 42.5 Å². The zero-order chi connectivity index (χ0) is 21.1. The molecule has 156 valence electrons. The van der Waals surface area contributed by atoms with Gasteiger partial charge >= 0.3 is 0 Å². The van der Waals surface area contributed by atoms with Crippen molar-refractivity contribution in [1.29, 1.82) is 0 Å². The van der Waals surface area contributed by atoms with E-state index in [1.807, 2.05) is 60.7 Å². The van der Waals surface area contributed by atoms with Crippen molar-refractivity contribution in [1.82, 2.24) is 4.98 Å². The number of rotatable bonds is 10. The first-order chi connectivity index (χ1) is 15.4. The Balaban J connectivity index is 1.35. The van der Waals surface area contributed by atoms with E-state index in [4.69, 9.17) is 14.5 Å². The highest BCUT2D eigenvalue weighted by atomic mass is 16.5. The Hall–Kier alpha value is -3.59. The van der Waals surface area contributed by atoms with Crippen LogP contribution in [0.3, 0.4) is 0 Å². The summed E-state index contributed by atoms with van der Waals surface area (Å²) in [5.74, 6) is 1.59. The van der Waals surface area contributed by atoms with Crippen molar-refractivity contribution in [2.24, 2.45) is 0 Å². The maximum absolute atomic E-state index is 6.04. The summed E-state index contributed by atoms with van der Waals surface area (Å²) >= 11 is 0. The molecule has 4 rings (SSSR count). The summed E-state index contributed by atoms with van der Waals surface area (Å²) in [6.45, 7) is 1.37. The number of benzene rings is 3. The molecule has 0 saturated carbocycles. The van der Waals surface area contributed by atoms with E-state index in [1.165, 1.54) is 0 Å². The minimum atomic E-state index is 0.644. The van der Waals surface area contributed by atoms with Gasteiger partial charge in [-0.3, -0.25) is 0 Å². The topological polar surface area (TPSA) is 31.4 Å². The minimum absolute atomic E-state index is 0.644. The van der Waals surface area contributed by atoms with Gasteiger partial charge in [-0.25, -0.2) is 4.98 Å². The van der Waals surface area contributed by atoms with Gasteiger partial charge < -0.3 is 9.47 Å². The number of para-hydroxylation sites is 1. The van der Waals surface area contributed by atoms with Gasteiger partial charge in [0.2, 0.25) is 5.88 Å². The van der Waals surface area contributed by atoms with Gasteiger partial charge in [0.15, 0.2) is 0 Å². The summed E-state index contributed by atoms with van der Waals surface area (Å²) < 4.78 is 11.8. The molecule has 1 heterocycles. The van der Waals surface area contributed by atoms with Gasteiger partial charge in [-0.15, -0.1) is 0 Å². The maximum Gasteiger partial charge on any atom is 0.214 e. The van der Waals surface area contributed by atoms with Crippen LogP contribution in [0.2, 0.25) is 0 Å². The molecule has 31 heavy (non-hydrogen) atoms. The van der Waals surface area contributed by atoms with Crippen LogP contribution in [0.15, 0.2) is 103 Å². The third-order valence-electron chi connectivity index (χ3n) is 5.03. The lowest BCUT2D eigenvalue weighted by Gasteiger charge is -2.11. The largest absolute Gasteiger partial charge is 0.494 e. The predicted octanol–water partition coefficient (Wildman–Crippen LogP) is 7.04. The molecule has 0 saturated heterocycles. The lowest BCUT2D eigenvalue weighted by Crippen LogP contribution is -2.02. The molecule has 0 aliphatic rings. The molecule has 0 aliphatic carbocycles.